The Labute approximate surface area is 132 Å². The number of anilines is 2. The van der Waals surface area contributed by atoms with Gasteiger partial charge in [0, 0.05) is 37.3 Å². The van der Waals surface area contributed by atoms with Crippen LogP contribution in [-0.4, -0.2) is 30.1 Å². The monoisotopic (exact) mass is 306 g/mol. The van der Waals surface area contributed by atoms with Crippen molar-refractivity contribution in [2.24, 2.45) is 0 Å². The second-order valence-electron chi connectivity index (χ2n) is 5.33. The number of hydrogen-bond donors (Lipinski definition) is 2. The Kier molecular flexibility index (Phi) is 8.04. The van der Waals surface area contributed by atoms with Gasteiger partial charge in [0.15, 0.2) is 0 Å². The van der Waals surface area contributed by atoms with Gasteiger partial charge in [0.25, 0.3) is 0 Å². The molecular formula is C17H26N2O3. The fourth-order valence-corrected chi connectivity index (χ4v) is 2.31. The zero-order valence-electron chi connectivity index (χ0n) is 13.5. The van der Waals surface area contributed by atoms with Gasteiger partial charge in [-0.2, -0.15) is 0 Å². The van der Waals surface area contributed by atoms with E-state index in [-0.39, 0.29) is 18.7 Å². The molecule has 1 rings (SSSR count). The SMILES string of the molecule is CCCN(CCC)c1cccc(NC(=O)CCCC(=O)O)c1. The van der Waals surface area contributed by atoms with Gasteiger partial charge in [-0.05, 0) is 37.5 Å². The number of carboxylic acids is 1. The number of nitrogens with one attached hydrogen (secondary N) is 1. The van der Waals surface area contributed by atoms with Gasteiger partial charge in [0.05, 0.1) is 0 Å². The van der Waals surface area contributed by atoms with Gasteiger partial charge < -0.3 is 15.3 Å². The van der Waals surface area contributed by atoms with Crippen molar-refractivity contribution in [2.45, 2.75) is 46.0 Å². The maximum atomic E-state index is 11.8. The minimum atomic E-state index is -0.871. The quantitative estimate of drug-likeness (QED) is 0.694. The van der Waals surface area contributed by atoms with Crippen LogP contribution in [-0.2, 0) is 9.59 Å². The first-order valence-corrected chi connectivity index (χ1v) is 7.93. The molecule has 0 fully saturated rings. The Morgan fingerprint density at radius 2 is 1.82 bits per heavy atom. The first-order valence-electron chi connectivity index (χ1n) is 7.93. The summed E-state index contributed by atoms with van der Waals surface area (Å²) in [4.78, 5) is 24.6. The number of amides is 1. The fourth-order valence-electron chi connectivity index (χ4n) is 2.31. The molecule has 1 aromatic rings. The molecule has 22 heavy (non-hydrogen) atoms. The number of hydrogen-bond acceptors (Lipinski definition) is 3. The lowest BCUT2D eigenvalue weighted by Gasteiger charge is -2.24. The smallest absolute Gasteiger partial charge is 0.303 e. The topological polar surface area (TPSA) is 69.6 Å². The second kappa shape index (κ2) is 9.82. The first-order chi connectivity index (χ1) is 10.6. The van der Waals surface area contributed by atoms with Crippen molar-refractivity contribution in [3.8, 4) is 0 Å². The van der Waals surface area contributed by atoms with Crippen molar-refractivity contribution < 1.29 is 14.7 Å². The van der Waals surface area contributed by atoms with Crippen molar-refractivity contribution in [1.82, 2.24) is 0 Å². The molecule has 5 heteroatoms. The number of carbonyl (C=O) groups is 2. The molecule has 1 amide bonds. The third-order valence-corrected chi connectivity index (χ3v) is 3.28. The Morgan fingerprint density at radius 1 is 1.14 bits per heavy atom. The lowest BCUT2D eigenvalue weighted by molar-refractivity contribution is -0.137. The number of carbonyl (C=O) groups excluding carboxylic acids is 1. The number of benzene rings is 1. The van der Waals surface area contributed by atoms with Gasteiger partial charge in [-0.15, -0.1) is 0 Å². The summed E-state index contributed by atoms with van der Waals surface area (Å²) in [5, 5.41) is 11.4. The largest absolute Gasteiger partial charge is 0.481 e. The molecule has 0 atom stereocenters. The molecule has 0 heterocycles. The summed E-state index contributed by atoms with van der Waals surface area (Å²) < 4.78 is 0. The van der Waals surface area contributed by atoms with E-state index in [1.165, 1.54) is 0 Å². The Morgan fingerprint density at radius 3 is 2.41 bits per heavy atom. The molecule has 0 saturated heterocycles. The summed E-state index contributed by atoms with van der Waals surface area (Å²) in [6.07, 6.45) is 2.76. The molecule has 0 aliphatic heterocycles. The molecule has 0 aliphatic carbocycles. The molecule has 0 spiro atoms. The van der Waals surface area contributed by atoms with Crippen LogP contribution < -0.4 is 10.2 Å². The van der Waals surface area contributed by atoms with Gasteiger partial charge in [-0.25, -0.2) is 0 Å². The van der Waals surface area contributed by atoms with E-state index in [0.717, 1.165) is 37.3 Å². The van der Waals surface area contributed by atoms with Crippen LogP contribution in [0.4, 0.5) is 11.4 Å². The van der Waals surface area contributed by atoms with E-state index >= 15 is 0 Å². The predicted molar refractivity (Wildman–Crippen MR) is 89.4 cm³/mol. The van der Waals surface area contributed by atoms with Gasteiger partial charge in [-0.3, -0.25) is 9.59 Å². The summed E-state index contributed by atoms with van der Waals surface area (Å²) in [6, 6.07) is 7.81. The van der Waals surface area contributed by atoms with Crippen LogP contribution in [0.2, 0.25) is 0 Å². The highest BCUT2D eigenvalue weighted by atomic mass is 16.4. The fraction of sp³-hybridized carbons (Fsp3) is 0.529. The Hall–Kier alpha value is -2.04. The standard InChI is InChI=1S/C17H26N2O3/c1-3-11-19(12-4-2)15-8-5-7-14(13-15)18-16(20)9-6-10-17(21)22/h5,7-8,13H,3-4,6,9-12H2,1-2H3,(H,18,20)(H,21,22). The average Bonchev–Trinajstić information content (AvgIpc) is 2.47. The van der Waals surface area contributed by atoms with E-state index in [1.807, 2.05) is 24.3 Å². The Bertz CT molecular complexity index is 483. The van der Waals surface area contributed by atoms with Crippen LogP contribution in [0.1, 0.15) is 46.0 Å². The molecule has 0 saturated carbocycles. The number of aliphatic carboxylic acids is 1. The molecule has 0 unspecified atom stereocenters. The third-order valence-electron chi connectivity index (χ3n) is 3.28. The summed E-state index contributed by atoms with van der Waals surface area (Å²) >= 11 is 0. The van der Waals surface area contributed by atoms with E-state index in [4.69, 9.17) is 5.11 Å². The lowest BCUT2D eigenvalue weighted by Crippen LogP contribution is -2.25. The summed E-state index contributed by atoms with van der Waals surface area (Å²) in [7, 11) is 0. The molecule has 5 nitrogen and oxygen atoms in total. The normalized spacial score (nSPS) is 10.3. The second-order valence-corrected chi connectivity index (χ2v) is 5.33. The molecule has 0 bridgehead atoms. The minimum absolute atomic E-state index is 0.0221. The molecule has 2 N–H and O–H groups in total. The van der Waals surface area contributed by atoms with Crippen LogP contribution >= 0.6 is 0 Å². The van der Waals surface area contributed by atoms with Crippen molar-refractivity contribution in [3.63, 3.8) is 0 Å². The van der Waals surface area contributed by atoms with E-state index in [0.29, 0.717) is 6.42 Å². The van der Waals surface area contributed by atoms with Crippen molar-refractivity contribution >= 4 is 23.3 Å². The van der Waals surface area contributed by atoms with E-state index in [1.54, 1.807) is 0 Å². The minimum Gasteiger partial charge on any atom is -0.481 e. The third kappa shape index (κ3) is 6.61. The highest BCUT2D eigenvalue weighted by Gasteiger charge is 2.08. The summed E-state index contributed by atoms with van der Waals surface area (Å²) in [6.45, 7) is 6.28. The Balaban J connectivity index is 2.62. The maximum absolute atomic E-state index is 11.8. The lowest BCUT2D eigenvalue weighted by atomic mass is 10.2. The van der Waals surface area contributed by atoms with Crippen LogP contribution in [0.5, 0.6) is 0 Å². The van der Waals surface area contributed by atoms with Gasteiger partial charge in [0.2, 0.25) is 5.91 Å². The number of carboxylic acid groups (broad SMARTS) is 1. The number of nitrogens with zero attached hydrogens (tertiary/aromatic N) is 1. The highest BCUT2D eigenvalue weighted by molar-refractivity contribution is 5.91. The van der Waals surface area contributed by atoms with Crippen LogP contribution in [0.25, 0.3) is 0 Å². The van der Waals surface area contributed by atoms with E-state index < -0.39 is 5.97 Å². The maximum Gasteiger partial charge on any atom is 0.303 e. The predicted octanol–water partition coefficient (Wildman–Crippen LogP) is 3.51. The molecule has 0 aliphatic rings. The summed E-state index contributed by atoms with van der Waals surface area (Å²) in [5.74, 6) is -1.01. The zero-order valence-corrected chi connectivity index (χ0v) is 13.5. The highest BCUT2D eigenvalue weighted by Crippen LogP contribution is 2.20. The van der Waals surface area contributed by atoms with Crippen molar-refractivity contribution in [3.05, 3.63) is 24.3 Å². The average molecular weight is 306 g/mol. The van der Waals surface area contributed by atoms with E-state index in [2.05, 4.69) is 24.1 Å². The van der Waals surface area contributed by atoms with Crippen LogP contribution in [0, 0.1) is 0 Å². The van der Waals surface area contributed by atoms with Crippen molar-refractivity contribution in [1.29, 1.82) is 0 Å². The van der Waals surface area contributed by atoms with Gasteiger partial charge in [-0.1, -0.05) is 19.9 Å². The molecule has 0 aromatic heterocycles. The van der Waals surface area contributed by atoms with Crippen molar-refractivity contribution in [2.75, 3.05) is 23.3 Å². The van der Waals surface area contributed by atoms with Crippen LogP contribution in [0.3, 0.4) is 0 Å². The first kappa shape index (κ1) is 18.0. The zero-order chi connectivity index (χ0) is 16.4. The van der Waals surface area contributed by atoms with Crippen LogP contribution in [0.15, 0.2) is 24.3 Å². The molecular weight excluding hydrogens is 280 g/mol. The van der Waals surface area contributed by atoms with Gasteiger partial charge in [0.1, 0.15) is 0 Å². The number of rotatable bonds is 10. The van der Waals surface area contributed by atoms with Gasteiger partial charge >= 0.3 is 5.97 Å². The molecule has 0 radical (unpaired) electrons. The molecule has 122 valence electrons. The summed E-state index contributed by atoms with van der Waals surface area (Å²) in [5.41, 5.74) is 1.86. The van der Waals surface area contributed by atoms with E-state index in [9.17, 15) is 9.59 Å². The molecule has 1 aromatic carbocycles.